The number of carbonyl (C=O) groups is 1. The number of ether oxygens (including phenoxy) is 1. The molecule has 0 radical (unpaired) electrons. The minimum Gasteiger partial charge on any atom is -0.389 e. The second-order valence-electron chi connectivity index (χ2n) is 6.97. The van der Waals surface area contributed by atoms with Gasteiger partial charge in [0.1, 0.15) is 0 Å². The smallest absolute Gasteiger partial charge is 0.314 e. The lowest BCUT2D eigenvalue weighted by molar-refractivity contribution is 0.0272. The molecule has 1 saturated carbocycles. The number of aliphatic hydroxyl groups is 1. The lowest BCUT2D eigenvalue weighted by Crippen LogP contribution is -2.43. The van der Waals surface area contributed by atoms with Gasteiger partial charge in [-0.25, -0.2) is 4.79 Å². The highest BCUT2D eigenvalue weighted by Crippen LogP contribution is 2.29. The number of rotatable bonds is 9. The van der Waals surface area contributed by atoms with Gasteiger partial charge < -0.3 is 20.5 Å². The van der Waals surface area contributed by atoms with E-state index < -0.39 is 6.10 Å². The first-order chi connectivity index (χ1) is 10.5. The fourth-order valence-corrected chi connectivity index (χ4v) is 2.85. The summed E-state index contributed by atoms with van der Waals surface area (Å²) in [5.74, 6) is 1.94. The number of hydrogen-bond donors (Lipinski definition) is 3. The Bertz CT molecular complexity index is 302. The van der Waals surface area contributed by atoms with Crippen LogP contribution in [0, 0.1) is 17.8 Å². The van der Waals surface area contributed by atoms with Gasteiger partial charge in [0.05, 0.1) is 12.7 Å². The normalized spacial score (nSPS) is 23.3. The Morgan fingerprint density at radius 3 is 2.36 bits per heavy atom. The number of hydrogen-bond acceptors (Lipinski definition) is 3. The van der Waals surface area contributed by atoms with Crippen molar-refractivity contribution in [3.63, 3.8) is 0 Å². The zero-order valence-electron chi connectivity index (χ0n) is 14.4. The van der Waals surface area contributed by atoms with Crippen LogP contribution in [0.2, 0.25) is 0 Å². The predicted molar refractivity (Wildman–Crippen MR) is 88.8 cm³/mol. The van der Waals surface area contributed by atoms with Crippen molar-refractivity contribution in [3.8, 4) is 0 Å². The molecule has 0 aliphatic heterocycles. The third kappa shape index (κ3) is 8.59. The molecule has 1 atom stereocenters. The molecule has 0 bridgehead atoms. The van der Waals surface area contributed by atoms with Crippen molar-refractivity contribution in [2.24, 2.45) is 17.8 Å². The fourth-order valence-electron chi connectivity index (χ4n) is 2.85. The Balaban J connectivity index is 2.03. The van der Waals surface area contributed by atoms with Gasteiger partial charge in [-0.15, -0.1) is 0 Å². The molecule has 1 rings (SSSR count). The average Bonchev–Trinajstić information content (AvgIpc) is 2.51. The fraction of sp³-hybridized carbons (Fsp3) is 0.941. The Morgan fingerprint density at radius 2 is 1.77 bits per heavy atom. The summed E-state index contributed by atoms with van der Waals surface area (Å²) in [7, 11) is 0. The summed E-state index contributed by atoms with van der Waals surface area (Å²) in [5, 5.41) is 15.3. The minimum atomic E-state index is -0.649. The highest BCUT2D eigenvalue weighted by molar-refractivity contribution is 5.73. The summed E-state index contributed by atoms with van der Waals surface area (Å²) >= 11 is 0. The first kappa shape index (κ1) is 19.2. The van der Waals surface area contributed by atoms with Gasteiger partial charge in [-0.05, 0) is 30.6 Å². The molecule has 22 heavy (non-hydrogen) atoms. The molecule has 1 unspecified atom stereocenters. The lowest BCUT2D eigenvalue weighted by atomic mass is 9.81. The van der Waals surface area contributed by atoms with Gasteiger partial charge in [0.15, 0.2) is 0 Å². The summed E-state index contributed by atoms with van der Waals surface area (Å²) in [6.07, 6.45) is 5.63. The molecule has 0 aromatic heterocycles. The van der Waals surface area contributed by atoms with Crippen LogP contribution in [0.15, 0.2) is 0 Å². The zero-order chi connectivity index (χ0) is 16.4. The van der Waals surface area contributed by atoms with Crippen LogP contribution >= 0.6 is 0 Å². The molecular formula is C17H34N2O3. The molecule has 0 aromatic rings. The minimum absolute atomic E-state index is 0.194. The Hall–Kier alpha value is -0.810. The summed E-state index contributed by atoms with van der Waals surface area (Å²) < 4.78 is 5.34. The summed E-state index contributed by atoms with van der Waals surface area (Å²) in [5.41, 5.74) is 0. The van der Waals surface area contributed by atoms with Gasteiger partial charge >= 0.3 is 6.03 Å². The number of aliphatic hydroxyl groups excluding tert-OH is 1. The zero-order valence-corrected chi connectivity index (χ0v) is 14.4. The number of urea groups is 1. The SMILES string of the molecule is CCC1CCC(CNC(=O)NCC(O)COCC(C)C)CC1. The highest BCUT2D eigenvalue weighted by atomic mass is 16.5. The summed E-state index contributed by atoms with van der Waals surface area (Å²) in [6, 6.07) is -0.194. The van der Waals surface area contributed by atoms with Crippen molar-refractivity contribution in [2.45, 2.75) is 59.0 Å². The van der Waals surface area contributed by atoms with E-state index >= 15 is 0 Å². The van der Waals surface area contributed by atoms with Crippen LogP contribution in [0.5, 0.6) is 0 Å². The number of amides is 2. The molecule has 0 spiro atoms. The molecule has 1 fully saturated rings. The maximum absolute atomic E-state index is 11.7. The lowest BCUT2D eigenvalue weighted by Gasteiger charge is -2.27. The van der Waals surface area contributed by atoms with E-state index in [9.17, 15) is 9.90 Å². The van der Waals surface area contributed by atoms with Crippen LogP contribution in [-0.2, 0) is 4.74 Å². The van der Waals surface area contributed by atoms with Gasteiger partial charge in [-0.1, -0.05) is 40.0 Å². The van der Waals surface area contributed by atoms with E-state index in [0.717, 1.165) is 12.5 Å². The quantitative estimate of drug-likeness (QED) is 0.612. The first-order valence-electron chi connectivity index (χ1n) is 8.78. The molecule has 5 heteroatoms. The van der Waals surface area contributed by atoms with Crippen LogP contribution in [0.4, 0.5) is 4.79 Å². The van der Waals surface area contributed by atoms with Crippen molar-refractivity contribution >= 4 is 6.03 Å². The topological polar surface area (TPSA) is 70.6 Å². The molecule has 0 aromatic carbocycles. The Kier molecular flexibility index (Phi) is 9.48. The van der Waals surface area contributed by atoms with Gasteiger partial charge in [0.25, 0.3) is 0 Å². The second kappa shape index (κ2) is 10.8. The number of nitrogens with one attached hydrogen (secondary N) is 2. The Morgan fingerprint density at radius 1 is 1.14 bits per heavy atom. The third-order valence-electron chi connectivity index (χ3n) is 4.35. The maximum atomic E-state index is 11.7. The summed E-state index contributed by atoms with van der Waals surface area (Å²) in [4.78, 5) is 11.7. The van der Waals surface area contributed by atoms with Crippen LogP contribution in [0.3, 0.4) is 0 Å². The van der Waals surface area contributed by atoms with Crippen LogP contribution in [0.1, 0.15) is 52.9 Å². The van der Waals surface area contributed by atoms with E-state index in [1.807, 2.05) is 0 Å². The summed E-state index contributed by atoms with van der Waals surface area (Å²) in [6.45, 7) is 8.24. The van der Waals surface area contributed by atoms with E-state index in [1.54, 1.807) is 0 Å². The van der Waals surface area contributed by atoms with Crippen molar-refractivity contribution in [3.05, 3.63) is 0 Å². The molecule has 1 aliphatic carbocycles. The number of carbonyl (C=O) groups excluding carboxylic acids is 1. The van der Waals surface area contributed by atoms with E-state index in [1.165, 1.54) is 32.1 Å². The van der Waals surface area contributed by atoms with Gasteiger partial charge in [0, 0.05) is 19.7 Å². The van der Waals surface area contributed by atoms with Crippen LogP contribution in [0.25, 0.3) is 0 Å². The van der Waals surface area contributed by atoms with Crippen molar-refractivity contribution in [1.82, 2.24) is 10.6 Å². The molecule has 5 nitrogen and oxygen atoms in total. The van der Waals surface area contributed by atoms with Gasteiger partial charge in [0.2, 0.25) is 0 Å². The molecule has 130 valence electrons. The third-order valence-corrected chi connectivity index (χ3v) is 4.35. The first-order valence-corrected chi connectivity index (χ1v) is 8.78. The molecule has 0 heterocycles. The monoisotopic (exact) mass is 314 g/mol. The maximum Gasteiger partial charge on any atom is 0.314 e. The molecule has 3 N–H and O–H groups in total. The van der Waals surface area contributed by atoms with Crippen molar-refractivity contribution in [2.75, 3.05) is 26.3 Å². The van der Waals surface area contributed by atoms with E-state index in [0.29, 0.717) is 18.4 Å². The molecule has 0 saturated heterocycles. The highest BCUT2D eigenvalue weighted by Gasteiger charge is 2.20. The van der Waals surface area contributed by atoms with Crippen molar-refractivity contribution in [1.29, 1.82) is 0 Å². The average molecular weight is 314 g/mol. The standard InChI is InChI=1S/C17H34N2O3/c1-4-14-5-7-15(8-6-14)9-18-17(21)19-10-16(20)12-22-11-13(2)3/h13-16,20H,4-12H2,1-3H3,(H2,18,19,21). The van der Waals surface area contributed by atoms with Crippen LogP contribution < -0.4 is 10.6 Å². The molecular weight excluding hydrogens is 280 g/mol. The largest absolute Gasteiger partial charge is 0.389 e. The van der Waals surface area contributed by atoms with E-state index in [4.69, 9.17) is 4.74 Å². The van der Waals surface area contributed by atoms with Gasteiger partial charge in [-0.3, -0.25) is 0 Å². The molecule has 2 amide bonds. The second-order valence-corrected chi connectivity index (χ2v) is 6.97. The van der Waals surface area contributed by atoms with Crippen molar-refractivity contribution < 1.29 is 14.6 Å². The Labute approximate surface area is 135 Å². The predicted octanol–water partition coefficient (Wildman–Crippen LogP) is 2.54. The van der Waals surface area contributed by atoms with E-state index in [2.05, 4.69) is 31.4 Å². The van der Waals surface area contributed by atoms with Gasteiger partial charge in [-0.2, -0.15) is 0 Å². The molecule has 1 aliphatic rings. The van der Waals surface area contributed by atoms with E-state index in [-0.39, 0.29) is 19.2 Å². The van der Waals surface area contributed by atoms with Crippen LogP contribution in [-0.4, -0.2) is 43.5 Å².